The lowest BCUT2D eigenvalue weighted by Gasteiger charge is -2.14. The SMILES string of the molecule is COc1cc(/C=C2/SC(=O)N(c3ccccc3)C2=O)cc(Br)c1OCc1ccccc1. The van der Waals surface area contributed by atoms with Crippen LogP contribution in [-0.4, -0.2) is 18.3 Å². The van der Waals surface area contributed by atoms with Crippen molar-refractivity contribution in [1.29, 1.82) is 0 Å². The summed E-state index contributed by atoms with van der Waals surface area (Å²) in [5.41, 5.74) is 2.31. The molecule has 3 aromatic carbocycles. The summed E-state index contributed by atoms with van der Waals surface area (Å²) in [4.78, 5) is 26.8. The van der Waals surface area contributed by atoms with Gasteiger partial charge in [0.1, 0.15) is 6.61 Å². The predicted molar refractivity (Wildman–Crippen MR) is 126 cm³/mol. The second-order valence-corrected chi connectivity index (χ2v) is 8.51. The Morgan fingerprint density at radius 2 is 1.68 bits per heavy atom. The van der Waals surface area contributed by atoms with Gasteiger partial charge in [-0.05, 0) is 69.2 Å². The number of methoxy groups -OCH3 is 1. The van der Waals surface area contributed by atoms with E-state index < -0.39 is 0 Å². The van der Waals surface area contributed by atoms with Crippen molar-refractivity contribution >= 4 is 50.6 Å². The van der Waals surface area contributed by atoms with E-state index in [4.69, 9.17) is 9.47 Å². The number of carbonyl (C=O) groups excluding carboxylic acids is 2. The average Bonchev–Trinajstić information content (AvgIpc) is 3.06. The van der Waals surface area contributed by atoms with Crippen molar-refractivity contribution in [2.45, 2.75) is 6.61 Å². The number of hydrogen-bond acceptors (Lipinski definition) is 5. The van der Waals surface area contributed by atoms with E-state index in [9.17, 15) is 9.59 Å². The van der Waals surface area contributed by atoms with Gasteiger partial charge in [0.15, 0.2) is 11.5 Å². The number of hydrogen-bond donors (Lipinski definition) is 0. The molecule has 0 N–H and O–H groups in total. The number of thioether (sulfide) groups is 1. The Morgan fingerprint density at radius 3 is 2.35 bits per heavy atom. The van der Waals surface area contributed by atoms with Gasteiger partial charge in [0, 0.05) is 0 Å². The summed E-state index contributed by atoms with van der Waals surface area (Å²) in [7, 11) is 1.56. The minimum atomic E-state index is -0.347. The van der Waals surface area contributed by atoms with Gasteiger partial charge in [0.25, 0.3) is 11.1 Å². The summed E-state index contributed by atoms with van der Waals surface area (Å²) in [5.74, 6) is 0.750. The highest BCUT2D eigenvalue weighted by Crippen LogP contribution is 2.40. The highest BCUT2D eigenvalue weighted by Gasteiger charge is 2.36. The molecule has 1 fully saturated rings. The number of ether oxygens (including phenoxy) is 2. The molecule has 1 heterocycles. The quantitative estimate of drug-likeness (QED) is 0.376. The Kier molecular flexibility index (Phi) is 6.44. The van der Waals surface area contributed by atoms with Gasteiger partial charge < -0.3 is 9.47 Å². The molecular weight excluding hydrogens is 478 g/mol. The number of halogens is 1. The molecular formula is C24H18BrNO4S. The van der Waals surface area contributed by atoms with Gasteiger partial charge in [-0.1, -0.05) is 48.5 Å². The van der Waals surface area contributed by atoms with Crippen LogP contribution in [0.5, 0.6) is 11.5 Å². The zero-order valence-corrected chi connectivity index (χ0v) is 19.0. The van der Waals surface area contributed by atoms with E-state index in [0.717, 1.165) is 17.3 Å². The normalized spacial score (nSPS) is 14.9. The molecule has 0 spiro atoms. The van der Waals surface area contributed by atoms with Crippen molar-refractivity contribution in [3.05, 3.63) is 93.3 Å². The molecule has 0 bridgehead atoms. The molecule has 0 saturated carbocycles. The third-order valence-corrected chi connectivity index (χ3v) is 6.04. The summed E-state index contributed by atoms with van der Waals surface area (Å²) in [6.45, 7) is 0.394. The summed E-state index contributed by atoms with van der Waals surface area (Å²) < 4.78 is 12.2. The zero-order chi connectivity index (χ0) is 21.8. The summed E-state index contributed by atoms with van der Waals surface area (Å²) in [6, 6.07) is 22.3. The van der Waals surface area contributed by atoms with Crippen molar-refractivity contribution < 1.29 is 19.1 Å². The van der Waals surface area contributed by atoms with Crippen LogP contribution in [0.15, 0.2) is 82.2 Å². The third kappa shape index (κ3) is 4.68. The standard InChI is InChI=1S/C24H18BrNO4S/c1-29-20-13-17(12-19(25)22(20)30-15-16-8-4-2-5-9-16)14-21-23(27)26(24(28)31-21)18-10-6-3-7-11-18/h2-14H,15H2,1H3/b21-14+. The molecule has 0 unspecified atom stereocenters. The van der Waals surface area contributed by atoms with Crippen LogP contribution in [0.2, 0.25) is 0 Å². The maximum Gasteiger partial charge on any atom is 0.298 e. The first-order valence-electron chi connectivity index (χ1n) is 9.44. The van der Waals surface area contributed by atoms with Crippen LogP contribution < -0.4 is 14.4 Å². The third-order valence-electron chi connectivity index (χ3n) is 4.58. The van der Waals surface area contributed by atoms with Gasteiger partial charge in [-0.25, -0.2) is 4.90 Å². The smallest absolute Gasteiger partial charge is 0.298 e. The molecule has 2 amide bonds. The maximum atomic E-state index is 12.8. The summed E-state index contributed by atoms with van der Waals surface area (Å²) in [6.07, 6.45) is 1.68. The van der Waals surface area contributed by atoms with E-state index in [0.29, 0.717) is 38.7 Å². The zero-order valence-electron chi connectivity index (χ0n) is 16.6. The number of imide groups is 1. The van der Waals surface area contributed by atoms with Crippen molar-refractivity contribution in [2.24, 2.45) is 0 Å². The molecule has 1 aliphatic rings. The number of benzene rings is 3. The highest BCUT2D eigenvalue weighted by molar-refractivity contribution is 9.10. The van der Waals surface area contributed by atoms with Crippen molar-refractivity contribution in [1.82, 2.24) is 0 Å². The molecule has 3 aromatic rings. The van der Waals surface area contributed by atoms with E-state index in [1.165, 1.54) is 4.90 Å². The maximum absolute atomic E-state index is 12.8. The minimum Gasteiger partial charge on any atom is -0.493 e. The fraction of sp³-hybridized carbons (Fsp3) is 0.0833. The largest absolute Gasteiger partial charge is 0.493 e. The first-order valence-corrected chi connectivity index (χ1v) is 11.0. The van der Waals surface area contributed by atoms with E-state index in [2.05, 4.69) is 15.9 Å². The average molecular weight is 496 g/mol. The van der Waals surface area contributed by atoms with Gasteiger partial charge in [0.2, 0.25) is 0 Å². The molecule has 0 aromatic heterocycles. The molecule has 5 nitrogen and oxygen atoms in total. The monoisotopic (exact) mass is 495 g/mol. The molecule has 7 heteroatoms. The van der Waals surface area contributed by atoms with Crippen molar-refractivity contribution in [3.63, 3.8) is 0 Å². The second-order valence-electron chi connectivity index (χ2n) is 6.66. The van der Waals surface area contributed by atoms with E-state index in [1.807, 2.05) is 42.5 Å². The van der Waals surface area contributed by atoms with Gasteiger partial charge >= 0.3 is 0 Å². The molecule has 1 aliphatic heterocycles. The molecule has 31 heavy (non-hydrogen) atoms. The van der Waals surface area contributed by atoms with Crippen LogP contribution in [0.3, 0.4) is 0 Å². The van der Waals surface area contributed by atoms with Gasteiger partial charge in [-0.3, -0.25) is 9.59 Å². The van der Waals surface area contributed by atoms with E-state index >= 15 is 0 Å². The lowest BCUT2D eigenvalue weighted by molar-refractivity contribution is -0.113. The Morgan fingerprint density at radius 1 is 1.00 bits per heavy atom. The van der Waals surface area contributed by atoms with E-state index in [1.54, 1.807) is 43.5 Å². The highest BCUT2D eigenvalue weighted by atomic mass is 79.9. The first-order chi connectivity index (χ1) is 15.1. The van der Waals surface area contributed by atoms with Gasteiger partial charge in [0.05, 0.1) is 22.2 Å². The molecule has 0 radical (unpaired) electrons. The first kappa shape index (κ1) is 21.2. The predicted octanol–water partition coefficient (Wildman–Crippen LogP) is 6.28. The van der Waals surface area contributed by atoms with Gasteiger partial charge in [-0.2, -0.15) is 0 Å². The number of amides is 2. The number of nitrogens with zero attached hydrogens (tertiary/aromatic N) is 1. The Hall–Kier alpha value is -3.03. The number of para-hydroxylation sites is 1. The number of carbonyl (C=O) groups is 2. The topological polar surface area (TPSA) is 55.8 Å². The van der Waals surface area contributed by atoms with Crippen LogP contribution in [0.4, 0.5) is 10.5 Å². The van der Waals surface area contributed by atoms with Crippen LogP contribution in [0.1, 0.15) is 11.1 Å². The van der Waals surface area contributed by atoms with E-state index in [-0.39, 0.29) is 11.1 Å². The lowest BCUT2D eigenvalue weighted by atomic mass is 10.1. The van der Waals surface area contributed by atoms with Crippen LogP contribution >= 0.6 is 27.7 Å². The summed E-state index contributed by atoms with van der Waals surface area (Å²) >= 11 is 4.45. The molecule has 0 aliphatic carbocycles. The Labute approximate surface area is 192 Å². The Balaban J connectivity index is 1.59. The molecule has 4 rings (SSSR count). The second kappa shape index (κ2) is 9.41. The fourth-order valence-electron chi connectivity index (χ4n) is 3.11. The van der Waals surface area contributed by atoms with Crippen LogP contribution in [0, 0.1) is 0 Å². The van der Waals surface area contributed by atoms with Crippen LogP contribution in [-0.2, 0) is 11.4 Å². The lowest BCUT2D eigenvalue weighted by Crippen LogP contribution is -2.27. The van der Waals surface area contributed by atoms with Crippen LogP contribution in [0.25, 0.3) is 6.08 Å². The fourth-order valence-corrected chi connectivity index (χ4v) is 4.53. The Bertz CT molecular complexity index is 1150. The van der Waals surface area contributed by atoms with Crippen molar-refractivity contribution in [3.8, 4) is 11.5 Å². The number of anilines is 1. The minimum absolute atomic E-state index is 0.323. The summed E-state index contributed by atoms with van der Waals surface area (Å²) in [5, 5.41) is -0.323. The molecule has 156 valence electrons. The van der Waals surface area contributed by atoms with Gasteiger partial charge in [-0.15, -0.1) is 0 Å². The van der Waals surface area contributed by atoms with Crippen molar-refractivity contribution in [2.75, 3.05) is 12.0 Å². The molecule has 1 saturated heterocycles. The molecule has 0 atom stereocenters. The number of rotatable bonds is 6.